The molecular weight excluding hydrogens is 1820 g/mol. The molecule has 0 unspecified atom stereocenters. The molecular formula is C98H80Cl4F8N16O8. The van der Waals surface area contributed by atoms with E-state index in [0.717, 1.165) is 164 Å². The van der Waals surface area contributed by atoms with Gasteiger partial charge in [0.2, 0.25) is 0 Å². The first-order valence-corrected chi connectivity index (χ1v) is 43.0. The Morgan fingerprint density at radius 1 is 0.216 bits per heavy atom. The smallest absolute Gasteiger partial charge is 0.258 e. The van der Waals surface area contributed by atoms with E-state index in [1.54, 1.807) is 107 Å². The van der Waals surface area contributed by atoms with E-state index >= 15 is 0 Å². The van der Waals surface area contributed by atoms with Crippen molar-refractivity contribution in [2.24, 2.45) is 0 Å². The first-order chi connectivity index (χ1) is 64.3. The molecule has 8 amide bonds. The first kappa shape index (κ1) is 96.4. The normalized spacial score (nSPS) is 12.8. The monoisotopic (exact) mass is 1900 g/mol. The molecule has 12 aromatic carbocycles. The summed E-state index contributed by atoms with van der Waals surface area (Å²) in [6.45, 7) is 5.95. The number of piperidine rings is 1. The van der Waals surface area contributed by atoms with E-state index in [4.69, 9.17) is 68.0 Å². The SMILES string of the molecule is N=C(c1ccc(C(=O)Nc2ccc(F)cc2C(=O)Nc2ccc(Cl)cc2)c(F)c1)N1CC1.N=C(c1ccc(C(=O)Nc2ccc(F)cc2C(=O)Nc2ccc(Cl)cc2)c(F)c1)N1CCC1.N=C(c1ccc(C(=O)Nc2ccc(F)cc2C(=O)Nc2ccc(Cl)cc2)c(F)c1)N1CCCC1.N=C(c1ccc(C(=O)Nc2ccc(F)cc2C(=O)Nc2ccc(Cl)cc2)c(F)c1)N1CCCCC1. The summed E-state index contributed by atoms with van der Waals surface area (Å²) < 4.78 is 114. The van der Waals surface area contributed by atoms with Crippen LogP contribution in [-0.2, 0) is 0 Å². The molecule has 0 saturated carbocycles. The van der Waals surface area contributed by atoms with Gasteiger partial charge in [0.05, 0.1) is 67.3 Å². The Labute approximate surface area is 782 Å². The summed E-state index contributed by atoms with van der Waals surface area (Å²) in [5.41, 5.74) is 1.72. The number of halogens is 12. The highest BCUT2D eigenvalue weighted by Crippen LogP contribution is 2.31. The highest BCUT2D eigenvalue weighted by Gasteiger charge is 2.29. The van der Waals surface area contributed by atoms with Crippen LogP contribution >= 0.6 is 46.4 Å². The van der Waals surface area contributed by atoms with Crippen LogP contribution in [-0.4, -0.2) is 143 Å². The van der Waals surface area contributed by atoms with Crippen LogP contribution in [0.5, 0.6) is 0 Å². The molecule has 4 heterocycles. The van der Waals surface area contributed by atoms with Crippen LogP contribution in [0.15, 0.2) is 243 Å². The lowest BCUT2D eigenvalue weighted by Crippen LogP contribution is -2.42. The van der Waals surface area contributed by atoms with Crippen LogP contribution in [0.2, 0.25) is 20.1 Å². The van der Waals surface area contributed by atoms with Crippen molar-refractivity contribution in [3.63, 3.8) is 0 Å². The van der Waals surface area contributed by atoms with Gasteiger partial charge in [-0.15, -0.1) is 0 Å². The Balaban J connectivity index is 0.000000152. The lowest BCUT2D eigenvalue weighted by Gasteiger charge is -2.33. The van der Waals surface area contributed by atoms with Gasteiger partial charge in [-0.3, -0.25) is 60.0 Å². The fourth-order valence-corrected chi connectivity index (χ4v) is 14.4. The number of hydrogen-bond acceptors (Lipinski definition) is 12. The lowest BCUT2D eigenvalue weighted by atomic mass is 10.1. The van der Waals surface area contributed by atoms with E-state index in [1.807, 2.05) is 9.80 Å². The number of amides is 8. The third kappa shape index (κ3) is 25.3. The average molecular weight is 1900 g/mol. The number of carbonyl (C=O) groups excluding carboxylic acids is 8. The molecule has 0 radical (unpaired) electrons. The largest absolute Gasteiger partial charge is 0.357 e. The van der Waals surface area contributed by atoms with Gasteiger partial charge in [-0.25, -0.2) is 35.1 Å². The fraction of sp³-hybridized carbons (Fsp3) is 0.143. The molecule has 24 nitrogen and oxygen atoms in total. The molecule has 12 aromatic rings. The molecule has 4 aliphatic rings. The van der Waals surface area contributed by atoms with Crippen LogP contribution in [0.3, 0.4) is 0 Å². The van der Waals surface area contributed by atoms with Gasteiger partial charge < -0.3 is 62.1 Å². The Morgan fingerprint density at radius 2 is 0.410 bits per heavy atom. The highest BCUT2D eigenvalue weighted by molar-refractivity contribution is 6.32. The summed E-state index contributed by atoms with van der Waals surface area (Å²) in [6, 6.07) is 54.2. The van der Waals surface area contributed by atoms with Crippen molar-refractivity contribution in [3.8, 4) is 0 Å². The average Bonchev–Trinajstić information content (AvgIpc) is 1.39. The highest BCUT2D eigenvalue weighted by atomic mass is 35.5. The summed E-state index contributed by atoms with van der Waals surface area (Å²) in [4.78, 5) is 109. The second kappa shape index (κ2) is 44.2. The number of likely N-dealkylation sites (tertiary alicyclic amines) is 3. The molecule has 12 N–H and O–H groups in total. The zero-order chi connectivity index (χ0) is 95.6. The molecule has 134 heavy (non-hydrogen) atoms. The molecule has 684 valence electrons. The van der Waals surface area contributed by atoms with Crippen LogP contribution in [0, 0.1) is 68.2 Å². The van der Waals surface area contributed by atoms with Gasteiger partial charge in [-0.1, -0.05) is 70.7 Å². The van der Waals surface area contributed by atoms with E-state index in [2.05, 4.69) is 42.5 Å². The minimum absolute atomic E-state index is 0.0168. The Morgan fingerprint density at radius 3 is 0.604 bits per heavy atom. The first-order valence-electron chi connectivity index (χ1n) is 41.5. The third-order valence-electron chi connectivity index (χ3n) is 21.3. The van der Waals surface area contributed by atoms with Crippen molar-refractivity contribution in [2.45, 2.75) is 38.5 Å². The maximum atomic E-state index is 14.8. The Hall–Kier alpha value is -15.1. The van der Waals surface area contributed by atoms with E-state index in [9.17, 15) is 73.5 Å². The second-order valence-electron chi connectivity index (χ2n) is 30.7. The summed E-state index contributed by atoms with van der Waals surface area (Å²) in [5, 5.41) is 55.0. The number of nitrogens with one attached hydrogen (secondary N) is 12. The van der Waals surface area contributed by atoms with Gasteiger partial charge in [-0.2, -0.15) is 0 Å². The number of benzene rings is 12. The topological polar surface area (TPSA) is 341 Å². The molecule has 16 rings (SSSR count). The van der Waals surface area contributed by atoms with Gasteiger partial charge in [0, 0.05) is 117 Å². The van der Waals surface area contributed by atoms with E-state index in [0.29, 0.717) is 65.1 Å². The van der Waals surface area contributed by atoms with E-state index in [-0.39, 0.29) is 90.6 Å². The predicted octanol–water partition coefficient (Wildman–Crippen LogP) is 21.4. The van der Waals surface area contributed by atoms with Crippen LogP contribution < -0.4 is 42.5 Å². The van der Waals surface area contributed by atoms with Crippen molar-refractivity contribution in [2.75, 3.05) is 94.9 Å². The standard InChI is InChI=1S/C26H23ClF2N4O2.C25H21ClF2N4O2.C24H19ClF2N4O2.C23H17ClF2N4O2/c27-17-5-8-19(9-6-17)31-26(35)21-15-18(28)7-11-23(21)32-25(34)20-10-4-16(14-22(20)29)24(30)33-12-2-1-3-13-33;26-16-4-7-18(8-5-16)30-25(34)20-14-17(27)6-10-22(20)31-24(33)19-9-3-15(13-21(19)28)23(29)32-11-1-2-12-32;25-15-3-6-17(7-4-15)29-24(33)19-13-16(26)5-9-21(19)30-23(32)18-8-2-14(12-20(18)27)22(28)31-10-1-11-31;24-14-2-5-16(6-3-14)28-23(32)18-12-15(25)4-8-20(18)29-22(31)17-7-1-13(11-19(17)26)21(27)30-9-10-30/h4-11,14-15,30H,1-3,12-13H2,(H,31,35)(H,32,34);3-10,13-14,29H,1-2,11-12H2,(H,30,34)(H,31,33);2-9,12-13,28H,1,10-11H2,(H,29,33)(H,30,32);1-8,11-12,27H,9-10H2,(H,28,32)(H,29,31). The van der Waals surface area contributed by atoms with Crippen molar-refractivity contribution in [3.05, 3.63) is 376 Å². The van der Waals surface area contributed by atoms with Gasteiger partial charge >= 0.3 is 0 Å². The number of rotatable bonds is 20. The maximum Gasteiger partial charge on any atom is 0.258 e. The minimum atomic E-state index is -0.806. The number of nitrogens with zero attached hydrogens (tertiary/aromatic N) is 4. The molecule has 0 aliphatic carbocycles. The summed E-state index contributed by atoms with van der Waals surface area (Å²) >= 11 is 23.4. The van der Waals surface area contributed by atoms with Gasteiger partial charge in [-0.05, 0) is 257 Å². The molecule has 0 atom stereocenters. The summed E-state index contributed by atoms with van der Waals surface area (Å²) in [5.74, 6) is -10.9. The second-order valence-corrected chi connectivity index (χ2v) is 32.4. The molecule has 0 aromatic heterocycles. The molecule has 36 heteroatoms. The number of amidine groups is 4. The van der Waals surface area contributed by atoms with E-state index in [1.165, 1.54) is 72.8 Å². The lowest BCUT2D eigenvalue weighted by molar-refractivity contribution is 0.100. The van der Waals surface area contributed by atoms with Crippen molar-refractivity contribution >= 4 is 163 Å². The van der Waals surface area contributed by atoms with Crippen molar-refractivity contribution in [1.29, 1.82) is 21.6 Å². The van der Waals surface area contributed by atoms with Crippen LogP contribution in [0.4, 0.5) is 80.6 Å². The molecule has 0 spiro atoms. The molecule has 0 bridgehead atoms. The third-order valence-corrected chi connectivity index (χ3v) is 22.3. The van der Waals surface area contributed by atoms with Crippen molar-refractivity contribution in [1.82, 2.24) is 19.6 Å². The zero-order valence-electron chi connectivity index (χ0n) is 70.6. The molecule has 4 aliphatic heterocycles. The predicted molar refractivity (Wildman–Crippen MR) is 502 cm³/mol. The van der Waals surface area contributed by atoms with Gasteiger partial charge in [0.15, 0.2) is 0 Å². The number of anilines is 8. The van der Waals surface area contributed by atoms with Crippen LogP contribution in [0.25, 0.3) is 0 Å². The fourth-order valence-electron chi connectivity index (χ4n) is 13.9. The Kier molecular flexibility index (Phi) is 31.8. The zero-order valence-corrected chi connectivity index (χ0v) is 73.6. The maximum absolute atomic E-state index is 14.8. The Bertz CT molecular complexity index is 6570. The molecule has 4 fully saturated rings. The number of hydrogen-bond donors (Lipinski definition) is 12. The van der Waals surface area contributed by atoms with Gasteiger partial charge in [0.1, 0.15) is 69.9 Å². The van der Waals surface area contributed by atoms with E-state index < -0.39 is 93.8 Å². The number of carbonyl (C=O) groups is 8. The molecule has 4 saturated heterocycles. The summed E-state index contributed by atoms with van der Waals surface area (Å²) in [7, 11) is 0. The summed E-state index contributed by atoms with van der Waals surface area (Å²) in [6.07, 6.45) is 6.03. The minimum Gasteiger partial charge on any atom is -0.357 e. The van der Waals surface area contributed by atoms with Gasteiger partial charge in [0.25, 0.3) is 47.3 Å². The quantitative estimate of drug-likeness (QED) is 0.0147. The van der Waals surface area contributed by atoms with Crippen LogP contribution in [0.1, 0.15) is 144 Å². The van der Waals surface area contributed by atoms with Crippen molar-refractivity contribution < 1.29 is 73.5 Å².